The number of aromatic nitrogens is 2. The molecule has 1 aliphatic heterocycles. The predicted molar refractivity (Wildman–Crippen MR) is 103 cm³/mol. The summed E-state index contributed by atoms with van der Waals surface area (Å²) in [7, 11) is 0. The fraction of sp³-hybridized carbons (Fsp3) is 0.200. The first-order valence-electron chi connectivity index (χ1n) is 8.96. The number of nitrogens with zero attached hydrogens (tertiary/aromatic N) is 2. The van der Waals surface area contributed by atoms with Gasteiger partial charge in [-0.25, -0.2) is 22.6 Å². The van der Waals surface area contributed by atoms with Gasteiger partial charge in [-0.2, -0.15) is 5.10 Å². The zero-order chi connectivity index (χ0) is 20.4. The predicted octanol–water partition coefficient (Wildman–Crippen LogP) is 4.33. The van der Waals surface area contributed by atoms with Gasteiger partial charge in [-0.15, -0.1) is 11.8 Å². The van der Waals surface area contributed by atoms with Crippen molar-refractivity contribution in [1.29, 1.82) is 0 Å². The van der Waals surface area contributed by atoms with E-state index in [-0.39, 0.29) is 24.1 Å². The summed E-state index contributed by atoms with van der Waals surface area (Å²) in [4.78, 5) is 12.9. The van der Waals surface area contributed by atoms with Crippen LogP contribution in [0.25, 0.3) is 5.69 Å². The average Bonchev–Trinajstić information content (AvgIpc) is 3.16. The van der Waals surface area contributed by atoms with Crippen LogP contribution in [0.1, 0.15) is 23.6 Å². The number of amides is 2. The lowest BCUT2D eigenvalue weighted by molar-refractivity contribution is 0.236. The summed E-state index contributed by atoms with van der Waals surface area (Å²) in [6.45, 7) is 0.173. The Labute approximate surface area is 169 Å². The van der Waals surface area contributed by atoms with Crippen LogP contribution >= 0.6 is 11.8 Å². The molecule has 5 nitrogen and oxygen atoms in total. The molecule has 0 saturated carbocycles. The fourth-order valence-corrected chi connectivity index (χ4v) is 4.32. The summed E-state index contributed by atoms with van der Waals surface area (Å²) >= 11 is 1.45. The number of urea groups is 1. The van der Waals surface area contributed by atoms with E-state index in [0.717, 1.165) is 23.4 Å². The maximum atomic E-state index is 13.9. The van der Waals surface area contributed by atoms with Crippen molar-refractivity contribution < 1.29 is 18.0 Å². The molecule has 0 fully saturated rings. The minimum Gasteiger partial charge on any atom is -0.334 e. The summed E-state index contributed by atoms with van der Waals surface area (Å²) in [6, 6.07) is 7.43. The summed E-state index contributed by atoms with van der Waals surface area (Å²) in [5.41, 5.74) is 1.53. The average molecular weight is 418 g/mol. The van der Waals surface area contributed by atoms with Crippen molar-refractivity contribution in [3.63, 3.8) is 0 Å². The molecular weight excluding hydrogens is 401 g/mol. The van der Waals surface area contributed by atoms with Crippen molar-refractivity contribution >= 4 is 17.8 Å². The Balaban J connectivity index is 1.38. The number of benzene rings is 2. The van der Waals surface area contributed by atoms with Gasteiger partial charge in [0, 0.05) is 35.0 Å². The Morgan fingerprint density at radius 3 is 2.90 bits per heavy atom. The number of fused-ring (bicyclic) bond motifs is 1. The molecule has 1 unspecified atom stereocenters. The molecule has 1 aromatic heterocycles. The van der Waals surface area contributed by atoms with E-state index >= 15 is 0 Å². The molecule has 29 heavy (non-hydrogen) atoms. The van der Waals surface area contributed by atoms with Crippen LogP contribution in [0.2, 0.25) is 0 Å². The molecule has 0 aliphatic carbocycles. The van der Waals surface area contributed by atoms with E-state index in [1.807, 2.05) is 6.07 Å². The number of carbonyl (C=O) groups excluding carboxylic acids is 1. The highest BCUT2D eigenvalue weighted by Gasteiger charge is 2.24. The van der Waals surface area contributed by atoms with E-state index in [0.29, 0.717) is 16.9 Å². The van der Waals surface area contributed by atoms with Crippen LogP contribution in [-0.4, -0.2) is 21.6 Å². The number of halogens is 3. The van der Waals surface area contributed by atoms with Gasteiger partial charge < -0.3 is 10.6 Å². The van der Waals surface area contributed by atoms with Crippen molar-refractivity contribution in [1.82, 2.24) is 20.4 Å². The third kappa shape index (κ3) is 4.24. The number of carbonyl (C=O) groups is 1. The topological polar surface area (TPSA) is 59.0 Å². The van der Waals surface area contributed by atoms with E-state index in [1.165, 1.54) is 34.8 Å². The van der Waals surface area contributed by atoms with Gasteiger partial charge in [0.25, 0.3) is 0 Å². The van der Waals surface area contributed by atoms with Crippen LogP contribution in [0, 0.1) is 17.5 Å². The zero-order valence-electron chi connectivity index (χ0n) is 15.2. The van der Waals surface area contributed by atoms with Crippen molar-refractivity contribution in [2.24, 2.45) is 0 Å². The van der Waals surface area contributed by atoms with Gasteiger partial charge in [-0.05, 0) is 30.2 Å². The van der Waals surface area contributed by atoms with Crippen molar-refractivity contribution in [3.05, 3.63) is 77.4 Å². The highest BCUT2D eigenvalue weighted by Crippen LogP contribution is 2.37. The smallest absolute Gasteiger partial charge is 0.315 e. The Morgan fingerprint density at radius 2 is 2.07 bits per heavy atom. The van der Waals surface area contributed by atoms with Crippen LogP contribution < -0.4 is 10.6 Å². The molecule has 1 atom stereocenters. The number of thioether (sulfide) groups is 1. The lowest BCUT2D eigenvalue weighted by atomic mass is 10.0. The lowest BCUT2D eigenvalue weighted by Crippen LogP contribution is -2.38. The number of rotatable bonds is 4. The molecule has 150 valence electrons. The molecule has 0 bridgehead atoms. The van der Waals surface area contributed by atoms with Crippen LogP contribution in [-0.2, 0) is 6.54 Å². The Morgan fingerprint density at radius 1 is 1.21 bits per heavy atom. The third-order valence-corrected chi connectivity index (χ3v) is 5.74. The first-order chi connectivity index (χ1) is 14.0. The molecule has 2 N–H and O–H groups in total. The fourth-order valence-electron chi connectivity index (χ4n) is 3.18. The lowest BCUT2D eigenvalue weighted by Gasteiger charge is -2.26. The van der Waals surface area contributed by atoms with Gasteiger partial charge in [-0.1, -0.05) is 12.1 Å². The Hall–Kier alpha value is -2.94. The molecule has 0 saturated heterocycles. The molecule has 1 aliphatic rings. The van der Waals surface area contributed by atoms with Crippen LogP contribution in [0.5, 0.6) is 0 Å². The summed E-state index contributed by atoms with van der Waals surface area (Å²) in [5, 5.41) is 9.64. The van der Waals surface area contributed by atoms with Crippen LogP contribution in [0.15, 0.2) is 53.7 Å². The van der Waals surface area contributed by atoms with E-state index in [1.54, 1.807) is 12.3 Å². The highest BCUT2D eigenvalue weighted by molar-refractivity contribution is 7.99. The van der Waals surface area contributed by atoms with E-state index in [4.69, 9.17) is 0 Å². The second-order valence-corrected chi connectivity index (χ2v) is 7.67. The van der Waals surface area contributed by atoms with Crippen LogP contribution in [0.3, 0.4) is 0 Å². The Kier molecular flexibility index (Phi) is 5.48. The highest BCUT2D eigenvalue weighted by atomic mass is 32.2. The normalized spacial score (nSPS) is 15.6. The minimum absolute atomic E-state index is 0.112. The molecule has 2 heterocycles. The second kappa shape index (κ2) is 8.20. The van der Waals surface area contributed by atoms with E-state index < -0.39 is 17.7 Å². The quantitative estimate of drug-likeness (QED) is 0.663. The largest absolute Gasteiger partial charge is 0.334 e. The van der Waals surface area contributed by atoms with E-state index in [9.17, 15) is 18.0 Å². The van der Waals surface area contributed by atoms with Crippen molar-refractivity contribution in [2.75, 3.05) is 5.75 Å². The summed E-state index contributed by atoms with van der Waals surface area (Å²) in [6.07, 6.45) is 3.75. The summed E-state index contributed by atoms with van der Waals surface area (Å²) < 4.78 is 42.1. The van der Waals surface area contributed by atoms with Gasteiger partial charge in [0.15, 0.2) is 5.82 Å². The molecule has 0 radical (unpaired) electrons. The van der Waals surface area contributed by atoms with Gasteiger partial charge in [0.05, 0.1) is 12.2 Å². The number of nitrogens with one attached hydrogen (secondary N) is 2. The standard InChI is InChI=1S/C20H17F3N4OS/c21-13-4-5-18(16(23)8-13)27-11-12(10-25-27)9-24-20(28)26-17-6-7-29-19-14(17)2-1-3-15(19)22/h1-5,8,10-11,17H,6-7,9H2,(H2,24,26,28). The van der Waals surface area contributed by atoms with Crippen molar-refractivity contribution in [2.45, 2.75) is 23.9 Å². The minimum atomic E-state index is -0.730. The molecule has 2 aromatic carbocycles. The molecular formula is C20H17F3N4OS. The van der Waals surface area contributed by atoms with E-state index in [2.05, 4.69) is 15.7 Å². The second-order valence-electron chi connectivity index (χ2n) is 6.56. The van der Waals surface area contributed by atoms with Crippen LogP contribution in [0.4, 0.5) is 18.0 Å². The van der Waals surface area contributed by atoms with Gasteiger partial charge in [0.2, 0.25) is 0 Å². The summed E-state index contributed by atoms with van der Waals surface area (Å²) in [5.74, 6) is -0.958. The monoisotopic (exact) mass is 418 g/mol. The maximum absolute atomic E-state index is 13.9. The third-order valence-electron chi connectivity index (χ3n) is 4.58. The van der Waals surface area contributed by atoms with Gasteiger partial charge in [0.1, 0.15) is 17.3 Å². The molecule has 3 aromatic rings. The molecule has 4 rings (SSSR count). The molecule has 0 spiro atoms. The number of hydrogen-bond donors (Lipinski definition) is 2. The molecule has 2 amide bonds. The first kappa shape index (κ1) is 19.4. The number of hydrogen-bond acceptors (Lipinski definition) is 3. The van der Waals surface area contributed by atoms with Gasteiger partial charge in [-0.3, -0.25) is 0 Å². The Bertz CT molecular complexity index is 1060. The molecule has 9 heteroatoms. The maximum Gasteiger partial charge on any atom is 0.315 e. The SMILES string of the molecule is O=C(NCc1cnn(-c2ccc(F)cc2F)c1)NC1CCSc2c(F)cccc21. The van der Waals surface area contributed by atoms with Crippen molar-refractivity contribution in [3.8, 4) is 5.69 Å². The zero-order valence-corrected chi connectivity index (χ0v) is 16.0. The van der Waals surface area contributed by atoms with Gasteiger partial charge >= 0.3 is 6.03 Å². The first-order valence-corrected chi connectivity index (χ1v) is 9.94.